The van der Waals surface area contributed by atoms with Crippen molar-refractivity contribution in [2.75, 3.05) is 26.7 Å². The van der Waals surface area contributed by atoms with Gasteiger partial charge in [0.15, 0.2) is 0 Å². The molecule has 2 rings (SSSR count). The number of nitrogens with one attached hydrogen (secondary N) is 1. The van der Waals surface area contributed by atoms with Gasteiger partial charge in [0.05, 0.1) is 4.92 Å². The van der Waals surface area contributed by atoms with E-state index in [1.807, 2.05) is 0 Å². The van der Waals surface area contributed by atoms with Crippen LogP contribution in [0.15, 0.2) is 18.2 Å². The number of carbonyl (C=O) groups excluding carboxylic acids is 1. The summed E-state index contributed by atoms with van der Waals surface area (Å²) in [7, 11) is 2.07. The molecule has 1 N–H and O–H groups in total. The summed E-state index contributed by atoms with van der Waals surface area (Å²) in [6.07, 6.45) is 2.24. The van der Waals surface area contributed by atoms with Crippen molar-refractivity contribution in [2.45, 2.75) is 12.8 Å². The molecule has 1 fully saturated rings. The highest BCUT2D eigenvalue weighted by atomic mass is 35.5. The van der Waals surface area contributed by atoms with Crippen molar-refractivity contribution >= 4 is 23.2 Å². The Morgan fingerprint density at radius 3 is 2.95 bits per heavy atom. The quantitative estimate of drug-likeness (QED) is 0.684. The van der Waals surface area contributed by atoms with Gasteiger partial charge in [-0.3, -0.25) is 14.9 Å². The summed E-state index contributed by atoms with van der Waals surface area (Å²) in [5.74, 6) is 0.196. The van der Waals surface area contributed by atoms with E-state index in [9.17, 15) is 14.9 Å². The lowest BCUT2D eigenvalue weighted by atomic mass is 9.98. The Morgan fingerprint density at radius 2 is 2.33 bits per heavy atom. The molecule has 0 spiro atoms. The van der Waals surface area contributed by atoms with E-state index in [4.69, 9.17) is 11.6 Å². The van der Waals surface area contributed by atoms with Crippen LogP contribution in [0.1, 0.15) is 23.2 Å². The Bertz CT molecular complexity index is 550. The minimum absolute atomic E-state index is 0.0231. The maximum Gasteiger partial charge on any atom is 0.287 e. The van der Waals surface area contributed by atoms with Gasteiger partial charge in [0.2, 0.25) is 0 Å². The first-order valence-electron chi connectivity index (χ1n) is 6.88. The van der Waals surface area contributed by atoms with E-state index in [0.717, 1.165) is 25.9 Å². The normalized spacial score (nSPS) is 19.2. The van der Waals surface area contributed by atoms with Gasteiger partial charge in [-0.2, -0.15) is 0 Å². The summed E-state index contributed by atoms with van der Waals surface area (Å²) in [5.41, 5.74) is 0.150. The van der Waals surface area contributed by atoms with Gasteiger partial charge in [0.1, 0.15) is 5.02 Å². The molecule has 0 aromatic heterocycles. The SMILES string of the molecule is CN1CCCC(CNC(=O)c2ccc([N+](=O)[O-])c(Cl)c2)C1. The molecule has 1 unspecified atom stereocenters. The third-order valence-electron chi connectivity index (χ3n) is 3.68. The summed E-state index contributed by atoms with van der Waals surface area (Å²) >= 11 is 5.81. The summed E-state index contributed by atoms with van der Waals surface area (Å²) in [4.78, 5) is 24.4. The molecule has 1 saturated heterocycles. The average molecular weight is 312 g/mol. The van der Waals surface area contributed by atoms with E-state index < -0.39 is 4.92 Å². The molecular weight excluding hydrogens is 294 g/mol. The third kappa shape index (κ3) is 4.15. The Hall–Kier alpha value is -1.66. The number of rotatable bonds is 4. The zero-order chi connectivity index (χ0) is 15.4. The molecule has 1 heterocycles. The second-order valence-corrected chi connectivity index (χ2v) is 5.81. The number of carbonyl (C=O) groups is 1. The van der Waals surface area contributed by atoms with Crippen LogP contribution in [0.5, 0.6) is 0 Å². The highest BCUT2D eigenvalue weighted by molar-refractivity contribution is 6.33. The minimum Gasteiger partial charge on any atom is -0.352 e. The lowest BCUT2D eigenvalue weighted by Crippen LogP contribution is -2.39. The average Bonchev–Trinajstić information content (AvgIpc) is 2.44. The topological polar surface area (TPSA) is 75.5 Å². The van der Waals surface area contributed by atoms with Gasteiger partial charge >= 0.3 is 0 Å². The van der Waals surface area contributed by atoms with Gasteiger partial charge in [0.25, 0.3) is 11.6 Å². The molecule has 0 radical (unpaired) electrons. The van der Waals surface area contributed by atoms with Gasteiger partial charge < -0.3 is 10.2 Å². The first-order chi connectivity index (χ1) is 9.97. The molecule has 7 heteroatoms. The number of nitro groups is 1. The van der Waals surface area contributed by atoms with Gasteiger partial charge in [-0.1, -0.05) is 11.6 Å². The maximum absolute atomic E-state index is 12.0. The van der Waals surface area contributed by atoms with Crippen LogP contribution in [-0.4, -0.2) is 42.4 Å². The van der Waals surface area contributed by atoms with E-state index in [2.05, 4.69) is 17.3 Å². The second-order valence-electron chi connectivity index (χ2n) is 5.40. The smallest absolute Gasteiger partial charge is 0.287 e. The van der Waals surface area contributed by atoms with Crippen molar-refractivity contribution in [3.63, 3.8) is 0 Å². The second kappa shape index (κ2) is 6.87. The first kappa shape index (κ1) is 15.7. The predicted molar refractivity (Wildman–Crippen MR) is 80.7 cm³/mol. The zero-order valence-corrected chi connectivity index (χ0v) is 12.6. The molecule has 0 saturated carbocycles. The molecule has 1 aromatic carbocycles. The fraction of sp³-hybridized carbons (Fsp3) is 0.500. The number of benzene rings is 1. The van der Waals surface area contributed by atoms with Gasteiger partial charge in [-0.25, -0.2) is 0 Å². The number of halogens is 1. The number of piperidine rings is 1. The highest BCUT2D eigenvalue weighted by Crippen LogP contribution is 2.25. The molecular formula is C14H18ClN3O3. The van der Waals surface area contributed by atoms with Crippen molar-refractivity contribution < 1.29 is 9.72 Å². The number of nitrogens with zero attached hydrogens (tertiary/aromatic N) is 2. The fourth-order valence-electron chi connectivity index (χ4n) is 2.58. The Labute approximate surface area is 128 Å². The van der Waals surface area contributed by atoms with Crippen molar-refractivity contribution in [2.24, 2.45) is 5.92 Å². The van der Waals surface area contributed by atoms with E-state index in [1.165, 1.54) is 18.2 Å². The van der Waals surface area contributed by atoms with E-state index in [0.29, 0.717) is 18.0 Å². The van der Waals surface area contributed by atoms with Gasteiger partial charge in [-0.15, -0.1) is 0 Å². The monoisotopic (exact) mass is 311 g/mol. The Kier molecular flexibility index (Phi) is 5.14. The third-order valence-corrected chi connectivity index (χ3v) is 3.98. The van der Waals surface area contributed by atoms with E-state index in [-0.39, 0.29) is 16.6 Å². The molecule has 1 amide bonds. The van der Waals surface area contributed by atoms with Crippen molar-refractivity contribution in [1.29, 1.82) is 0 Å². The molecule has 114 valence electrons. The lowest BCUT2D eigenvalue weighted by Gasteiger charge is -2.29. The Morgan fingerprint density at radius 1 is 1.57 bits per heavy atom. The largest absolute Gasteiger partial charge is 0.352 e. The summed E-state index contributed by atoms with van der Waals surface area (Å²) in [6.45, 7) is 2.68. The van der Waals surface area contributed by atoms with Crippen molar-refractivity contribution in [3.8, 4) is 0 Å². The van der Waals surface area contributed by atoms with E-state index >= 15 is 0 Å². The molecule has 0 aliphatic carbocycles. The molecule has 21 heavy (non-hydrogen) atoms. The van der Waals surface area contributed by atoms with Crippen LogP contribution in [0.25, 0.3) is 0 Å². The highest BCUT2D eigenvalue weighted by Gasteiger charge is 2.19. The van der Waals surface area contributed by atoms with Crippen LogP contribution < -0.4 is 5.32 Å². The van der Waals surface area contributed by atoms with Gasteiger partial charge in [0, 0.05) is 24.7 Å². The summed E-state index contributed by atoms with van der Waals surface area (Å²) < 4.78 is 0. The zero-order valence-electron chi connectivity index (χ0n) is 11.8. The van der Waals surface area contributed by atoms with Crippen LogP contribution in [0.4, 0.5) is 5.69 Å². The van der Waals surface area contributed by atoms with Crippen molar-refractivity contribution in [3.05, 3.63) is 38.9 Å². The molecule has 1 aliphatic heterocycles. The number of nitro benzene ring substituents is 1. The summed E-state index contributed by atoms with van der Waals surface area (Å²) in [6, 6.07) is 4.01. The molecule has 1 atom stereocenters. The van der Waals surface area contributed by atoms with Crippen LogP contribution in [0.3, 0.4) is 0 Å². The number of hydrogen-bond acceptors (Lipinski definition) is 4. The van der Waals surface area contributed by atoms with Crippen LogP contribution in [0, 0.1) is 16.0 Å². The predicted octanol–water partition coefficient (Wildman–Crippen LogP) is 2.32. The van der Waals surface area contributed by atoms with Crippen LogP contribution in [-0.2, 0) is 0 Å². The maximum atomic E-state index is 12.0. The van der Waals surface area contributed by atoms with Crippen LogP contribution >= 0.6 is 11.6 Å². The molecule has 1 aromatic rings. The van der Waals surface area contributed by atoms with Crippen molar-refractivity contribution in [1.82, 2.24) is 10.2 Å². The minimum atomic E-state index is -0.568. The number of hydrogen-bond donors (Lipinski definition) is 1. The fourth-order valence-corrected chi connectivity index (χ4v) is 2.82. The van der Waals surface area contributed by atoms with Gasteiger partial charge in [-0.05, 0) is 44.5 Å². The molecule has 6 nitrogen and oxygen atoms in total. The number of likely N-dealkylation sites (tertiary alicyclic amines) is 1. The standard InChI is InChI=1S/C14H18ClN3O3/c1-17-6-2-3-10(9-17)8-16-14(19)11-4-5-13(18(20)21)12(15)7-11/h4-5,7,10H,2-3,6,8-9H2,1H3,(H,16,19). The lowest BCUT2D eigenvalue weighted by molar-refractivity contribution is -0.384. The summed E-state index contributed by atoms with van der Waals surface area (Å²) in [5, 5.41) is 13.5. The number of amides is 1. The first-order valence-corrected chi connectivity index (χ1v) is 7.26. The molecule has 0 bridgehead atoms. The molecule has 1 aliphatic rings. The van der Waals surface area contributed by atoms with E-state index in [1.54, 1.807) is 0 Å². The van der Waals surface area contributed by atoms with Crippen LogP contribution in [0.2, 0.25) is 5.02 Å². The Balaban J connectivity index is 1.94.